The van der Waals surface area contributed by atoms with Gasteiger partial charge in [0.1, 0.15) is 0 Å². The minimum Gasteiger partial charge on any atom is -0.469 e. The summed E-state index contributed by atoms with van der Waals surface area (Å²) in [5.41, 5.74) is 10.6. The molecule has 0 N–H and O–H groups in total. The Bertz CT molecular complexity index is 1510. The lowest BCUT2D eigenvalue weighted by atomic mass is 9.40. The van der Waals surface area contributed by atoms with Gasteiger partial charge >= 0.3 is 5.97 Å². The Morgan fingerprint density at radius 3 is 1.39 bits per heavy atom. The van der Waals surface area contributed by atoms with Crippen LogP contribution < -0.4 is 0 Å². The average molecular weight is 541 g/mol. The van der Waals surface area contributed by atoms with Gasteiger partial charge in [0, 0.05) is 17.3 Å². The van der Waals surface area contributed by atoms with Crippen LogP contribution in [0.25, 0.3) is 22.3 Å². The maximum atomic E-state index is 13.0. The monoisotopic (exact) mass is 540 g/mol. The molecule has 0 unspecified atom stereocenters. The summed E-state index contributed by atoms with van der Waals surface area (Å²) < 4.78 is 5.32. The lowest BCUT2D eigenvalue weighted by molar-refractivity contribution is -0.141. The highest BCUT2D eigenvalue weighted by Gasteiger charge is 2.68. The molecule has 0 aromatic heterocycles. The molecular weight excluding hydrogens is 500 g/mol. The number of esters is 1. The van der Waals surface area contributed by atoms with E-state index < -0.39 is 0 Å². The van der Waals surface area contributed by atoms with E-state index in [-0.39, 0.29) is 22.2 Å². The van der Waals surface area contributed by atoms with Crippen LogP contribution in [0.1, 0.15) is 87.0 Å². The number of hydrogen-bond acceptors (Lipinski definition) is 2. The van der Waals surface area contributed by atoms with Crippen molar-refractivity contribution < 1.29 is 9.53 Å². The molecule has 0 spiro atoms. The molecule has 0 bridgehead atoms. The fourth-order valence-electron chi connectivity index (χ4n) is 9.84. The van der Waals surface area contributed by atoms with Crippen LogP contribution in [0.15, 0.2) is 97.1 Å². The van der Waals surface area contributed by atoms with Crippen LogP contribution >= 0.6 is 0 Å². The highest BCUT2D eigenvalue weighted by Crippen LogP contribution is 2.74. The largest absolute Gasteiger partial charge is 0.469 e. The van der Waals surface area contributed by atoms with Crippen molar-refractivity contribution in [3.05, 3.63) is 119 Å². The lowest BCUT2D eigenvalue weighted by Gasteiger charge is -2.62. The summed E-state index contributed by atoms with van der Waals surface area (Å²) >= 11 is 0. The predicted molar refractivity (Wildman–Crippen MR) is 167 cm³/mol. The Labute approximate surface area is 244 Å². The zero-order chi connectivity index (χ0) is 28.1. The molecular formula is C39H40O2. The Morgan fingerprint density at radius 1 is 0.610 bits per heavy atom. The molecule has 2 nitrogen and oxygen atoms in total. The molecule has 0 aliphatic heterocycles. The van der Waals surface area contributed by atoms with Crippen LogP contribution in [0.4, 0.5) is 0 Å². The Kier molecular flexibility index (Phi) is 6.41. The van der Waals surface area contributed by atoms with E-state index in [1.54, 1.807) is 0 Å². The molecule has 41 heavy (non-hydrogen) atoms. The Hall–Kier alpha value is -3.65. The van der Waals surface area contributed by atoms with E-state index in [0.717, 1.165) is 32.1 Å². The van der Waals surface area contributed by atoms with Gasteiger partial charge in [-0.3, -0.25) is 4.79 Å². The van der Waals surface area contributed by atoms with Crippen LogP contribution in [0.5, 0.6) is 0 Å². The molecule has 4 aromatic carbocycles. The first-order valence-corrected chi connectivity index (χ1v) is 15.6. The van der Waals surface area contributed by atoms with Crippen molar-refractivity contribution >= 4 is 5.97 Å². The molecule has 3 aliphatic carbocycles. The second-order valence-corrected chi connectivity index (χ2v) is 12.5. The summed E-state index contributed by atoms with van der Waals surface area (Å²) in [5.74, 6) is -0.117. The van der Waals surface area contributed by atoms with Gasteiger partial charge in [-0.15, -0.1) is 0 Å². The van der Waals surface area contributed by atoms with E-state index in [9.17, 15) is 4.79 Å². The number of ether oxygens (including phenoxy) is 1. The van der Waals surface area contributed by atoms with Crippen molar-refractivity contribution in [1.29, 1.82) is 0 Å². The van der Waals surface area contributed by atoms with Crippen LogP contribution in [0, 0.1) is 5.41 Å². The summed E-state index contributed by atoms with van der Waals surface area (Å²) in [7, 11) is 1.53. The molecule has 7 rings (SSSR count). The van der Waals surface area contributed by atoms with E-state index in [1.807, 2.05) is 0 Å². The molecule has 0 radical (unpaired) electrons. The predicted octanol–water partition coefficient (Wildman–Crippen LogP) is 9.62. The van der Waals surface area contributed by atoms with E-state index in [1.165, 1.54) is 70.9 Å². The fraction of sp³-hybridized carbons (Fsp3) is 0.359. The van der Waals surface area contributed by atoms with E-state index in [2.05, 4.69) is 104 Å². The van der Waals surface area contributed by atoms with E-state index >= 15 is 0 Å². The summed E-state index contributed by atoms with van der Waals surface area (Å²) in [4.78, 5) is 13.0. The summed E-state index contributed by atoms with van der Waals surface area (Å²) in [6.07, 6.45) is 9.31. The third kappa shape index (κ3) is 3.40. The van der Waals surface area contributed by atoms with Gasteiger partial charge in [-0.05, 0) is 75.6 Å². The van der Waals surface area contributed by atoms with Crippen molar-refractivity contribution in [1.82, 2.24) is 0 Å². The summed E-state index contributed by atoms with van der Waals surface area (Å²) in [5, 5.41) is 0. The van der Waals surface area contributed by atoms with E-state index in [0.29, 0.717) is 6.42 Å². The maximum absolute atomic E-state index is 13.0. The lowest BCUT2D eigenvalue weighted by Crippen LogP contribution is -2.59. The van der Waals surface area contributed by atoms with Crippen LogP contribution in [-0.4, -0.2) is 13.1 Å². The topological polar surface area (TPSA) is 26.3 Å². The third-order valence-electron chi connectivity index (χ3n) is 11.0. The SMILES string of the molecule is CCCC1(C2(C3(CCC(=O)OC)c4ccccc4-c4ccccc43)CCCCC2)c2ccccc2-c2ccccc21. The molecule has 0 atom stereocenters. The molecule has 1 fully saturated rings. The molecule has 0 amide bonds. The zero-order valence-electron chi connectivity index (χ0n) is 24.4. The van der Waals surface area contributed by atoms with Crippen molar-refractivity contribution in [2.75, 3.05) is 7.11 Å². The standard InChI is InChI=1S/C39H40O2/c1-3-24-38(32-19-9-5-15-28(32)29-16-6-10-20-33(29)38)37(25-13-4-14-26-37)39(27-23-36(40)41-2)34-21-11-7-17-30(34)31-18-8-12-22-35(31)39/h5-12,15-22H,3-4,13-14,23-27H2,1-2H3. The second-order valence-electron chi connectivity index (χ2n) is 12.5. The Morgan fingerprint density at radius 2 is 1.00 bits per heavy atom. The molecule has 0 heterocycles. The van der Waals surface area contributed by atoms with Crippen LogP contribution in [-0.2, 0) is 20.4 Å². The van der Waals surface area contributed by atoms with Crippen molar-refractivity contribution in [2.24, 2.45) is 5.41 Å². The number of fused-ring (bicyclic) bond motifs is 6. The number of carbonyl (C=O) groups excluding carboxylic acids is 1. The first kappa shape index (κ1) is 26.3. The van der Waals surface area contributed by atoms with Gasteiger partial charge in [0.2, 0.25) is 0 Å². The van der Waals surface area contributed by atoms with Gasteiger partial charge in [-0.2, -0.15) is 0 Å². The Balaban J connectivity index is 1.64. The van der Waals surface area contributed by atoms with Crippen LogP contribution in [0.2, 0.25) is 0 Å². The first-order valence-electron chi connectivity index (χ1n) is 15.6. The third-order valence-corrected chi connectivity index (χ3v) is 11.0. The molecule has 1 saturated carbocycles. The molecule has 208 valence electrons. The molecule has 3 aliphatic rings. The van der Waals surface area contributed by atoms with Gasteiger partial charge in [0.05, 0.1) is 7.11 Å². The van der Waals surface area contributed by atoms with Gasteiger partial charge in [0.15, 0.2) is 0 Å². The van der Waals surface area contributed by atoms with Crippen molar-refractivity contribution in [3.63, 3.8) is 0 Å². The number of carbonyl (C=O) groups is 1. The number of methoxy groups -OCH3 is 1. The quantitative estimate of drug-likeness (QED) is 0.218. The smallest absolute Gasteiger partial charge is 0.305 e. The van der Waals surface area contributed by atoms with Crippen LogP contribution in [0.3, 0.4) is 0 Å². The maximum Gasteiger partial charge on any atom is 0.305 e. The molecule has 2 heteroatoms. The minimum absolute atomic E-state index is 0.117. The number of rotatable bonds is 7. The minimum atomic E-state index is -0.325. The normalized spacial score (nSPS) is 18.6. The van der Waals surface area contributed by atoms with E-state index in [4.69, 9.17) is 4.74 Å². The fourth-order valence-corrected chi connectivity index (χ4v) is 9.84. The van der Waals surface area contributed by atoms with Gasteiger partial charge in [0.25, 0.3) is 0 Å². The highest BCUT2D eigenvalue weighted by atomic mass is 16.5. The van der Waals surface area contributed by atoms with Gasteiger partial charge < -0.3 is 4.74 Å². The van der Waals surface area contributed by atoms with Crippen molar-refractivity contribution in [2.45, 2.75) is 75.5 Å². The molecule has 0 saturated heterocycles. The van der Waals surface area contributed by atoms with Crippen molar-refractivity contribution in [3.8, 4) is 22.3 Å². The summed E-state index contributed by atoms with van der Waals surface area (Å²) in [6.45, 7) is 2.36. The summed E-state index contributed by atoms with van der Waals surface area (Å²) in [6, 6.07) is 36.7. The number of benzene rings is 4. The zero-order valence-corrected chi connectivity index (χ0v) is 24.4. The second kappa shape index (κ2) is 10.0. The highest BCUT2D eigenvalue weighted by molar-refractivity contribution is 5.86. The van der Waals surface area contributed by atoms with Gasteiger partial charge in [-0.25, -0.2) is 0 Å². The average Bonchev–Trinajstić information content (AvgIpc) is 3.50. The first-order chi connectivity index (χ1) is 20.1. The number of hydrogen-bond donors (Lipinski definition) is 0. The molecule has 4 aromatic rings. The van der Waals surface area contributed by atoms with Gasteiger partial charge in [-0.1, -0.05) is 130 Å².